The number of rotatable bonds is 2. The standard InChI is InChI=1S/C18H22N4O2/c1-22-8-7-18-11-4-5-12(20-21-19)17(18)24-16-14(23-2)6-3-10(15(16)18)9-13(11)22/h3,6,11-13,17H,4-5,7-9H2,1-2H3/t11-,12+,13+,17-,18-/m0/s1. The van der Waals surface area contributed by atoms with Gasteiger partial charge in [0.2, 0.25) is 0 Å². The summed E-state index contributed by atoms with van der Waals surface area (Å²) in [5.74, 6) is 2.30. The quantitative estimate of drug-likeness (QED) is 0.476. The molecule has 5 atom stereocenters. The van der Waals surface area contributed by atoms with Crippen LogP contribution in [0.25, 0.3) is 10.4 Å². The first-order chi connectivity index (χ1) is 11.7. The van der Waals surface area contributed by atoms with Crippen LogP contribution in [0.2, 0.25) is 0 Å². The van der Waals surface area contributed by atoms with Gasteiger partial charge >= 0.3 is 0 Å². The molecule has 1 saturated heterocycles. The molecule has 0 unspecified atom stereocenters. The van der Waals surface area contributed by atoms with Gasteiger partial charge in [0.25, 0.3) is 0 Å². The molecule has 0 radical (unpaired) electrons. The highest BCUT2D eigenvalue weighted by Crippen LogP contribution is 2.64. The molecule has 1 saturated carbocycles. The monoisotopic (exact) mass is 326 g/mol. The third-order valence-electron chi connectivity index (χ3n) is 6.97. The van der Waals surface area contributed by atoms with E-state index in [2.05, 4.69) is 28.0 Å². The molecule has 6 nitrogen and oxygen atoms in total. The maximum Gasteiger partial charge on any atom is 0.165 e. The second kappa shape index (κ2) is 4.80. The second-order valence-electron chi connectivity index (χ2n) is 7.67. The van der Waals surface area contributed by atoms with Crippen molar-refractivity contribution >= 4 is 0 Å². The Kier molecular flexibility index (Phi) is 2.89. The number of ether oxygens (including phenoxy) is 2. The Morgan fingerprint density at radius 3 is 3.08 bits per heavy atom. The van der Waals surface area contributed by atoms with E-state index in [0.717, 1.165) is 43.7 Å². The van der Waals surface area contributed by atoms with Gasteiger partial charge in [-0.2, -0.15) is 0 Å². The van der Waals surface area contributed by atoms with Gasteiger partial charge < -0.3 is 14.4 Å². The normalized spacial score (nSPS) is 38.8. The van der Waals surface area contributed by atoms with Crippen LogP contribution in [0.1, 0.15) is 30.4 Å². The summed E-state index contributed by atoms with van der Waals surface area (Å²) in [7, 11) is 3.95. The number of azide groups is 1. The van der Waals surface area contributed by atoms with Crippen LogP contribution in [0.4, 0.5) is 0 Å². The fourth-order valence-corrected chi connectivity index (χ4v) is 6.05. The van der Waals surface area contributed by atoms with Gasteiger partial charge in [-0.3, -0.25) is 0 Å². The lowest BCUT2D eigenvalue weighted by molar-refractivity contribution is -0.0509. The molecule has 2 aliphatic carbocycles. The van der Waals surface area contributed by atoms with E-state index in [1.54, 1.807) is 7.11 Å². The molecule has 126 valence electrons. The molecule has 1 aromatic carbocycles. The SMILES string of the molecule is COc1ccc2c3c1O[C@H]1[C@H](N=[N+]=[N-])CC[C@H]4[C@@H](C2)N(C)CC[C@@]341. The molecule has 1 spiro atoms. The third kappa shape index (κ3) is 1.53. The molecule has 2 bridgehead atoms. The zero-order valence-electron chi connectivity index (χ0n) is 14.1. The van der Waals surface area contributed by atoms with E-state index in [9.17, 15) is 0 Å². The van der Waals surface area contributed by atoms with E-state index < -0.39 is 0 Å². The predicted molar refractivity (Wildman–Crippen MR) is 89.5 cm³/mol. The topological polar surface area (TPSA) is 70.5 Å². The third-order valence-corrected chi connectivity index (χ3v) is 6.97. The van der Waals surface area contributed by atoms with Crippen molar-refractivity contribution in [2.45, 2.75) is 49.3 Å². The number of methoxy groups -OCH3 is 1. The highest BCUT2D eigenvalue weighted by molar-refractivity contribution is 5.61. The van der Waals surface area contributed by atoms with E-state index in [-0.39, 0.29) is 17.6 Å². The Morgan fingerprint density at radius 2 is 2.29 bits per heavy atom. The van der Waals surface area contributed by atoms with Crippen molar-refractivity contribution in [3.63, 3.8) is 0 Å². The maximum atomic E-state index is 9.03. The van der Waals surface area contributed by atoms with Crippen molar-refractivity contribution in [2.24, 2.45) is 11.0 Å². The number of piperidine rings is 1. The Labute approximate surface area is 141 Å². The first kappa shape index (κ1) is 14.4. The molecule has 0 aromatic heterocycles. The average molecular weight is 326 g/mol. The average Bonchev–Trinajstić information content (AvgIpc) is 2.94. The minimum atomic E-state index is -0.0848. The number of benzene rings is 1. The molecule has 0 N–H and O–H groups in total. The van der Waals surface area contributed by atoms with Crippen molar-refractivity contribution in [3.05, 3.63) is 33.7 Å². The maximum absolute atomic E-state index is 9.03. The summed E-state index contributed by atoms with van der Waals surface area (Å²) in [6.45, 7) is 1.07. The van der Waals surface area contributed by atoms with Gasteiger partial charge in [0, 0.05) is 21.9 Å². The number of likely N-dealkylation sites (N-methyl/N-ethyl adjacent to an activating group) is 1. The lowest BCUT2D eigenvalue weighted by Crippen LogP contribution is -2.65. The summed E-state index contributed by atoms with van der Waals surface area (Å²) < 4.78 is 12.1. The van der Waals surface area contributed by atoms with Crippen molar-refractivity contribution in [1.29, 1.82) is 0 Å². The van der Waals surface area contributed by atoms with Crippen molar-refractivity contribution in [2.75, 3.05) is 20.7 Å². The lowest BCUT2D eigenvalue weighted by atomic mass is 9.51. The molecule has 1 aromatic rings. The minimum Gasteiger partial charge on any atom is -0.493 e. The van der Waals surface area contributed by atoms with Gasteiger partial charge in [-0.05, 0) is 62.4 Å². The summed E-state index contributed by atoms with van der Waals surface area (Å²) in [5, 5.41) is 4.12. The zero-order chi connectivity index (χ0) is 16.5. The number of likely N-dealkylation sites (tertiary alicyclic amines) is 1. The van der Waals surface area contributed by atoms with Gasteiger partial charge in [0.1, 0.15) is 6.10 Å². The molecular formula is C18H22N4O2. The van der Waals surface area contributed by atoms with Crippen LogP contribution < -0.4 is 9.47 Å². The molecule has 2 aliphatic heterocycles. The Bertz CT molecular complexity index is 760. The van der Waals surface area contributed by atoms with Crippen molar-refractivity contribution in [3.8, 4) is 11.5 Å². The molecular weight excluding hydrogens is 304 g/mol. The van der Waals surface area contributed by atoms with Crippen LogP contribution in [0.3, 0.4) is 0 Å². The van der Waals surface area contributed by atoms with Gasteiger partial charge in [0.15, 0.2) is 11.5 Å². The zero-order valence-corrected chi connectivity index (χ0v) is 14.1. The van der Waals surface area contributed by atoms with E-state index >= 15 is 0 Å². The van der Waals surface area contributed by atoms with Crippen LogP contribution >= 0.6 is 0 Å². The van der Waals surface area contributed by atoms with E-state index in [0.29, 0.717) is 12.0 Å². The summed E-state index contributed by atoms with van der Waals surface area (Å²) in [4.78, 5) is 5.63. The number of nitrogens with zero attached hydrogens (tertiary/aromatic N) is 4. The Hall–Kier alpha value is -1.91. The van der Waals surface area contributed by atoms with Gasteiger partial charge in [-0.1, -0.05) is 11.2 Å². The van der Waals surface area contributed by atoms with E-state index in [4.69, 9.17) is 15.0 Å². The largest absolute Gasteiger partial charge is 0.493 e. The fourth-order valence-electron chi connectivity index (χ4n) is 6.05. The molecule has 6 heteroatoms. The summed E-state index contributed by atoms with van der Waals surface area (Å²) in [6, 6.07) is 4.72. The molecule has 2 fully saturated rings. The smallest absolute Gasteiger partial charge is 0.165 e. The Balaban J connectivity index is 1.77. The van der Waals surface area contributed by atoms with Crippen molar-refractivity contribution in [1.82, 2.24) is 4.90 Å². The molecule has 0 amide bonds. The van der Waals surface area contributed by atoms with E-state index in [1.807, 2.05) is 6.07 Å². The number of hydrogen-bond donors (Lipinski definition) is 0. The van der Waals surface area contributed by atoms with Gasteiger partial charge in [0.05, 0.1) is 13.2 Å². The predicted octanol–water partition coefficient (Wildman–Crippen LogP) is 3.04. The summed E-state index contributed by atoms with van der Waals surface area (Å²) in [5.41, 5.74) is 11.8. The highest BCUT2D eigenvalue weighted by atomic mass is 16.5. The number of hydrogen-bond acceptors (Lipinski definition) is 4. The highest BCUT2D eigenvalue weighted by Gasteiger charge is 2.65. The first-order valence-corrected chi connectivity index (χ1v) is 8.82. The molecule has 4 aliphatic rings. The fraction of sp³-hybridized carbons (Fsp3) is 0.667. The second-order valence-corrected chi connectivity index (χ2v) is 7.67. The molecule has 24 heavy (non-hydrogen) atoms. The Morgan fingerprint density at radius 1 is 1.42 bits per heavy atom. The van der Waals surface area contributed by atoms with Gasteiger partial charge in [-0.25, -0.2) is 0 Å². The van der Waals surface area contributed by atoms with Crippen LogP contribution in [0.5, 0.6) is 11.5 Å². The minimum absolute atomic E-state index is 0.00819. The lowest BCUT2D eigenvalue weighted by Gasteiger charge is -2.58. The van der Waals surface area contributed by atoms with Crippen LogP contribution in [-0.2, 0) is 11.8 Å². The van der Waals surface area contributed by atoms with E-state index in [1.165, 1.54) is 11.1 Å². The van der Waals surface area contributed by atoms with Crippen molar-refractivity contribution < 1.29 is 9.47 Å². The van der Waals surface area contributed by atoms with Crippen LogP contribution in [0.15, 0.2) is 17.2 Å². The summed E-state index contributed by atoms with van der Waals surface area (Å²) >= 11 is 0. The summed E-state index contributed by atoms with van der Waals surface area (Å²) in [6.07, 6.45) is 4.12. The molecule has 5 rings (SSSR count). The van der Waals surface area contributed by atoms with Crippen LogP contribution in [-0.4, -0.2) is 43.8 Å². The van der Waals surface area contributed by atoms with Gasteiger partial charge in [-0.15, -0.1) is 0 Å². The van der Waals surface area contributed by atoms with Crippen LogP contribution in [0, 0.1) is 5.92 Å². The molecule has 2 heterocycles. The first-order valence-electron chi connectivity index (χ1n) is 8.82.